The molecule has 10 nitrogen and oxygen atoms in total. The first kappa shape index (κ1) is 37.1. The average Bonchev–Trinajstić information content (AvgIpc) is 3.10. The van der Waals surface area contributed by atoms with E-state index in [-0.39, 0.29) is 35.8 Å². The second kappa shape index (κ2) is 18.7. The Morgan fingerprint density at radius 2 is 1.42 bits per heavy atom. The maximum Gasteiger partial charge on any atom is 0.343 e. The second-order valence-electron chi connectivity index (χ2n) is 11.7. The van der Waals surface area contributed by atoms with Crippen LogP contribution in [0.4, 0.5) is 10.1 Å². The van der Waals surface area contributed by atoms with E-state index in [9.17, 15) is 28.7 Å². The number of benzene rings is 4. The number of hydrogen-bond donors (Lipinski definition) is 3. The summed E-state index contributed by atoms with van der Waals surface area (Å²) >= 11 is 0. The lowest BCUT2D eigenvalue weighted by atomic mass is 10.0. The Kier molecular flexibility index (Phi) is 13.9. The van der Waals surface area contributed by atoms with E-state index >= 15 is 0 Å². The Labute approximate surface area is 290 Å². The van der Waals surface area contributed by atoms with Crippen molar-refractivity contribution in [3.8, 4) is 17.2 Å². The number of anilines is 1. The lowest BCUT2D eigenvalue weighted by Crippen LogP contribution is -2.42. The summed E-state index contributed by atoms with van der Waals surface area (Å²) < 4.78 is 30.0. The van der Waals surface area contributed by atoms with Crippen LogP contribution >= 0.6 is 0 Å². The highest BCUT2D eigenvalue weighted by atomic mass is 19.1. The molecular weight excluding hydrogens is 643 g/mol. The zero-order chi connectivity index (χ0) is 35.9. The third-order valence-corrected chi connectivity index (χ3v) is 7.80. The third-order valence-electron chi connectivity index (χ3n) is 7.80. The van der Waals surface area contributed by atoms with Gasteiger partial charge in [-0.1, -0.05) is 50.8 Å². The van der Waals surface area contributed by atoms with Crippen molar-refractivity contribution in [1.29, 1.82) is 0 Å². The first-order chi connectivity index (χ1) is 24.1. The number of aliphatic carboxylic acids is 1. The van der Waals surface area contributed by atoms with Crippen molar-refractivity contribution < 1.29 is 42.9 Å². The number of rotatable bonds is 18. The normalized spacial score (nSPS) is 11.3. The van der Waals surface area contributed by atoms with Gasteiger partial charge in [-0.2, -0.15) is 0 Å². The minimum atomic E-state index is -1.24. The van der Waals surface area contributed by atoms with Gasteiger partial charge in [0, 0.05) is 17.7 Å². The number of amides is 2. The zero-order valence-corrected chi connectivity index (χ0v) is 28.1. The molecule has 0 aliphatic rings. The summed E-state index contributed by atoms with van der Waals surface area (Å²) in [5, 5.41) is 15.0. The van der Waals surface area contributed by atoms with Crippen LogP contribution in [-0.4, -0.2) is 48.6 Å². The van der Waals surface area contributed by atoms with Crippen LogP contribution in [0.1, 0.15) is 70.9 Å². The molecule has 4 aromatic rings. The molecule has 0 unspecified atom stereocenters. The highest BCUT2D eigenvalue weighted by Crippen LogP contribution is 2.20. The minimum Gasteiger partial charge on any atom is -0.494 e. The van der Waals surface area contributed by atoms with Gasteiger partial charge in [0.05, 0.1) is 25.7 Å². The third kappa shape index (κ3) is 11.5. The van der Waals surface area contributed by atoms with Gasteiger partial charge >= 0.3 is 11.9 Å². The average molecular weight is 685 g/mol. The minimum absolute atomic E-state index is 0.0184. The number of methoxy groups -OCH3 is 1. The van der Waals surface area contributed by atoms with Crippen LogP contribution in [0, 0.1) is 5.82 Å². The molecule has 0 aliphatic heterocycles. The van der Waals surface area contributed by atoms with E-state index in [0.29, 0.717) is 34.7 Å². The molecule has 0 radical (unpaired) electrons. The Hall–Kier alpha value is -5.71. The molecule has 0 aromatic heterocycles. The molecule has 0 spiro atoms. The van der Waals surface area contributed by atoms with Crippen LogP contribution in [0.2, 0.25) is 0 Å². The fourth-order valence-corrected chi connectivity index (χ4v) is 5.04. The van der Waals surface area contributed by atoms with Crippen LogP contribution in [0.15, 0.2) is 91.0 Å². The van der Waals surface area contributed by atoms with E-state index in [1.807, 2.05) is 0 Å². The summed E-state index contributed by atoms with van der Waals surface area (Å²) in [7, 11) is 1.35. The van der Waals surface area contributed by atoms with Crippen LogP contribution in [0.25, 0.3) is 0 Å². The number of carboxylic acids is 1. The molecule has 3 N–H and O–H groups in total. The Morgan fingerprint density at radius 3 is 2.06 bits per heavy atom. The summed E-state index contributed by atoms with van der Waals surface area (Å²) in [6.45, 7) is 2.80. The van der Waals surface area contributed by atoms with Gasteiger partial charge in [-0.05, 0) is 90.3 Å². The SMILES string of the molecule is CCCCCCCOc1ccc(C(=O)Oc2ccc(C[C@H](NC(=O)c3ccc(NC(=O)Cc4ccc(OC)c(F)c4)cc3)C(=O)O)cc2)cc1. The highest BCUT2D eigenvalue weighted by Gasteiger charge is 2.22. The van der Waals surface area contributed by atoms with Gasteiger partial charge < -0.3 is 30.0 Å². The standard InChI is InChI=1S/C39H41FN2O8/c1-3-4-5-6-7-22-49-31-19-13-29(14-20-31)39(47)50-32-17-8-26(9-18-32)24-34(38(45)46)42-37(44)28-11-15-30(16-12-28)41-36(43)25-27-10-21-35(48-2)33(40)23-27/h8-21,23,34H,3-7,22,24-25H2,1-2H3,(H,41,43)(H,42,44)(H,45,46)/t34-/m0/s1. The monoisotopic (exact) mass is 684 g/mol. The maximum atomic E-state index is 13.9. The van der Waals surface area contributed by atoms with E-state index in [1.54, 1.807) is 54.6 Å². The molecule has 0 aliphatic carbocycles. The number of unbranched alkanes of at least 4 members (excludes halogenated alkanes) is 4. The molecule has 4 aromatic carbocycles. The number of carbonyl (C=O) groups excluding carboxylic acids is 3. The maximum absolute atomic E-state index is 13.9. The van der Waals surface area contributed by atoms with Crippen molar-refractivity contribution in [3.05, 3.63) is 119 Å². The number of esters is 1. The number of ether oxygens (including phenoxy) is 3. The molecular formula is C39H41FN2O8. The number of hydrogen-bond acceptors (Lipinski definition) is 7. The van der Waals surface area contributed by atoms with Crippen LogP contribution < -0.4 is 24.8 Å². The number of carbonyl (C=O) groups is 4. The van der Waals surface area contributed by atoms with Crippen LogP contribution in [0.3, 0.4) is 0 Å². The molecule has 0 saturated carbocycles. The number of halogens is 1. The molecule has 11 heteroatoms. The molecule has 0 saturated heterocycles. The molecule has 0 heterocycles. The fraction of sp³-hybridized carbons (Fsp3) is 0.282. The van der Waals surface area contributed by atoms with E-state index in [4.69, 9.17) is 14.2 Å². The van der Waals surface area contributed by atoms with Crippen molar-refractivity contribution in [2.75, 3.05) is 19.0 Å². The smallest absolute Gasteiger partial charge is 0.343 e. The van der Waals surface area contributed by atoms with Gasteiger partial charge in [-0.25, -0.2) is 14.0 Å². The predicted octanol–water partition coefficient (Wildman–Crippen LogP) is 7.01. The van der Waals surface area contributed by atoms with Gasteiger partial charge in [0.2, 0.25) is 5.91 Å². The van der Waals surface area contributed by atoms with Gasteiger partial charge in [-0.15, -0.1) is 0 Å². The van der Waals surface area contributed by atoms with Crippen molar-refractivity contribution in [2.45, 2.75) is 57.9 Å². The summed E-state index contributed by atoms with van der Waals surface area (Å²) in [4.78, 5) is 49.9. The Bertz CT molecular complexity index is 1740. The fourth-order valence-electron chi connectivity index (χ4n) is 5.04. The lowest BCUT2D eigenvalue weighted by Gasteiger charge is -2.15. The second-order valence-corrected chi connectivity index (χ2v) is 11.7. The van der Waals surface area contributed by atoms with Crippen molar-refractivity contribution in [3.63, 3.8) is 0 Å². The van der Waals surface area contributed by atoms with Crippen LogP contribution in [0.5, 0.6) is 17.2 Å². The van der Waals surface area contributed by atoms with Crippen molar-refractivity contribution >= 4 is 29.4 Å². The van der Waals surface area contributed by atoms with Gasteiger partial charge in [0.15, 0.2) is 11.6 Å². The van der Waals surface area contributed by atoms with E-state index in [2.05, 4.69) is 17.6 Å². The quantitative estimate of drug-likeness (QED) is 0.0578. The van der Waals surface area contributed by atoms with Gasteiger partial charge in [-0.3, -0.25) is 9.59 Å². The summed E-state index contributed by atoms with van der Waals surface area (Å²) in [6, 6.07) is 22.0. The topological polar surface area (TPSA) is 140 Å². The Balaban J connectivity index is 1.24. The van der Waals surface area contributed by atoms with Gasteiger partial charge in [0.1, 0.15) is 17.5 Å². The van der Waals surface area contributed by atoms with E-state index < -0.39 is 29.7 Å². The first-order valence-corrected chi connectivity index (χ1v) is 16.4. The van der Waals surface area contributed by atoms with Crippen molar-refractivity contribution in [2.24, 2.45) is 0 Å². The highest BCUT2D eigenvalue weighted by molar-refractivity contribution is 5.98. The number of carboxylic acid groups (broad SMARTS) is 1. The zero-order valence-electron chi connectivity index (χ0n) is 28.1. The van der Waals surface area contributed by atoms with E-state index in [1.165, 1.54) is 62.8 Å². The largest absolute Gasteiger partial charge is 0.494 e. The summed E-state index contributed by atoms with van der Waals surface area (Å²) in [5.74, 6) is -2.29. The van der Waals surface area contributed by atoms with E-state index in [0.717, 1.165) is 12.8 Å². The summed E-state index contributed by atoms with van der Waals surface area (Å²) in [6.07, 6.45) is 5.63. The lowest BCUT2D eigenvalue weighted by molar-refractivity contribution is -0.139. The predicted molar refractivity (Wildman–Crippen MR) is 186 cm³/mol. The molecule has 0 fully saturated rings. The number of nitrogens with one attached hydrogen (secondary N) is 2. The molecule has 4 rings (SSSR count). The molecule has 50 heavy (non-hydrogen) atoms. The molecule has 262 valence electrons. The van der Waals surface area contributed by atoms with Gasteiger partial charge in [0.25, 0.3) is 5.91 Å². The Morgan fingerprint density at radius 1 is 0.780 bits per heavy atom. The van der Waals surface area contributed by atoms with Crippen molar-refractivity contribution in [1.82, 2.24) is 5.32 Å². The molecule has 1 atom stereocenters. The van der Waals surface area contributed by atoms with Crippen LogP contribution in [-0.2, 0) is 22.4 Å². The summed E-state index contributed by atoms with van der Waals surface area (Å²) in [5.41, 5.74) is 2.02. The molecule has 2 amide bonds. The first-order valence-electron chi connectivity index (χ1n) is 16.4. The molecule has 0 bridgehead atoms.